The van der Waals surface area contributed by atoms with Crippen molar-refractivity contribution in [3.8, 4) is 5.75 Å². The molecule has 0 radical (unpaired) electrons. The number of ether oxygens (including phenoxy) is 1. The number of nitrogens with zero attached hydrogens (tertiary/aromatic N) is 1. The van der Waals surface area contributed by atoms with Gasteiger partial charge < -0.3 is 14.6 Å². The smallest absolute Gasteiger partial charge is 0.240 e. The number of anilines is 1. The molecule has 0 bridgehead atoms. The molecule has 24 heavy (non-hydrogen) atoms. The van der Waals surface area contributed by atoms with E-state index in [1.807, 2.05) is 0 Å². The molecular formula is C16H11Cl2FN2O3. The van der Waals surface area contributed by atoms with E-state index in [1.54, 1.807) is 18.2 Å². The monoisotopic (exact) mass is 368 g/mol. The minimum atomic E-state index is -0.421. The first-order valence-corrected chi connectivity index (χ1v) is 7.80. The van der Waals surface area contributed by atoms with Crippen molar-refractivity contribution in [1.29, 1.82) is 0 Å². The Morgan fingerprint density at radius 3 is 2.96 bits per heavy atom. The predicted molar refractivity (Wildman–Crippen MR) is 89.1 cm³/mol. The summed E-state index contributed by atoms with van der Waals surface area (Å²) in [6.45, 7) is 0.0454. The molecule has 124 valence electrons. The van der Waals surface area contributed by atoms with Gasteiger partial charge in [-0.2, -0.15) is 0 Å². The summed E-state index contributed by atoms with van der Waals surface area (Å²) in [4.78, 5) is 11.5. The third kappa shape index (κ3) is 3.44. The molecule has 3 rings (SSSR count). The Balaban J connectivity index is 1.90. The number of nitrogens with one attached hydrogen (secondary N) is 1. The van der Waals surface area contributed by atoms with E-state index in [4.69, 9.17) is 32.5 Å². The van der Waals surface area contributed by atoms with Crippen LogP contribution in [0, 0.1) is 5.82 Å². The van der Waals surface area contributed by atoms with Gasteiger partial charge in [-0.1, -0.05) is 22.8 Å². The van der Waals surface area contributed by atoms with Crippen LogP contribution in [0.3, 0.4) is 0 Å². The van der Waals surface area contributed by atoms with Crippen LogP contribution in [0.15, 0.2) is 40.9 Å². The molecule has 0 aliphatic heterocycles. The van der Waals surface area contributed by atoms with Crippen molar-refractivity contribution < 1.29 is 18.4 Å². The number of hydrogen-bond acceptors (Lipinski definition) is 4. The van der Waals surface area contributed by atoms with Gasteiger partial charge in [0.25, 0.3) is 0 Å². The molecule has 3 aromatic rings. The van der Waals surface area contributed by atoms with Crippen molar-refractivity contribution in [2.75, 3.05) is 11.2 Å². The van der Waals surface area contributed by atoms with E-state index in [2.05, 4.69) is 10.5 Å². The van der Waals surface area contributed by atoms with Gasteiger partial charge in [0, 0.05) is 10.6 Å². The maximum absolute atomic E-state index is 13.3. The van der Waals surface area contributed by atoms with Gasteiger partial charge in [0.2, 0.25) is 5.91 Å². The fraction of sp³-hybridized carbons (Fsp3) is 0.125. The first-order chi connectivity index (χ1) is 11.6. The number of carbonyl (C=O) groups excluding carboxylic acids is 1. The number of fused-ring (bicyclic) bond motifs is 1. The Kier molecular flexibility index (Phi) is 4.87. The van der Waals surface area contributed by atoms with E-state index in [-0.39, 0.29) is 18.3 Å². The number of alkyl halides is 1. The van der Waals surface area contributed by atoms with E-state index in [0.717, 1.165) is 0 Å². The van der Waals surface area contributed by atoms with E-state index in [1.165, 1.54) is 18.2 Å². The van der Waals surface area contributed by atoms with Crippen molar-refractivity contribution in [2.24, 2.45) is 0 Å². The van der Waals surface area contributed by atoms with Gasteiger partial charge >= 0.3 is 0 Å². The van der Waals surface area contributed by atoms with E-state index >= 15 is 0 Å². The van der Waals surface area contributed by atoms with Crippen LogP contribution in [-0.4, -0.2) is 16.9 Å². The summed E-state index contributed by atoms with van der Waals surface area (Å²) >= 11 is 11.5. The normalized spacial score (nSPS) is 10.8. The second-order valence-corrected chi connectivity index (χ2v) is 5.54. The van der Waals surface area contributed by atoms with Crippen molar-refractivity contribution in [3.63, 3.8) is 0 Å². The van der Waals surface area contributed by atoms with E-state index in [0.29, 0.717) is 27.3 Å². The SMILES string of the molecule is O=C(CCl)Nc1noc2cccc(OCc3cc(F)ccc3Cl)c12. The number of rotatable bonds is 5. The van der Waals surface area contributed by atoms with Crippen LogP contribution < -0.4 is 10.1 Å². The molecule has 0 unspecified atom stereocenters. The van der Waals surface area contributed by atoms with Crippen LogP contribution in [0.25, 0.3) is 11.0 Å². The highest BCUT2D eigenvalue weighted by Gasteiger charge is 2.16. The molecule has 1 aromatic heterocycles. The molecule has 5 nitrogen and oxygen atoms in total. The summed E-state index contributed by atoms with van der Waals surface area (Å²) in [5, 5.41) is 7.21. The van der Waals surface area contributed by atoms with Crippen LogP contribution in [0.4, 0.5) is 10.2 Å². The largest absolute Gasteiger partial charge is 0.488 e. The lowest BCUT2D eigenvalue weighted by Gasteiger charge is -2.09. The number of benzene rings is 2. The Labute approximate surface area is 146 Å². The third-order valence-corrected chi connectivity index (χ3v) is 3.84. The van der Waals surface area contributed by atoms with Gasteiger partial charge in [0.15, 0.2) is 11.4 Å². The van der Waals surface area contributed by atoms with Crippen molar-refractivity contribution in [1.82, 2.24) is 5.16 Å². The number of hydrogen-bond donors (Lipinski definition) is 1. The fourth-order valence-corrected chi connectivity index (χ4v) is 2.38. The summed E-state index contributed by atoms with van der Waals surface area (Å²) in [6.07, 6.45) is 0. The molecule has 0 aliphatic carbocycles. The summed E-state index contributed by atoms with van der Waals surface area (Å²) in [7, 11) is 0. The second kappa shape index (κ2) is 7.07. The zero-order valence-corrected chi connectivity index (χ0v) is 13.7. The number of amides is 1. The average molecular weight is 369 g/mol. The van der Waals surface area contributed by atoms with Gasteiger partial charge in [-0.25, -0.2) is 4.39 Å². The van der Waals surface area contributed by atoms with Crippen LogP contribution in [0.5, 0.6) is 5.75 Å². The topological polar surface area (TPSA) is 64.4 Å². The van der Waals surface area contributed by atoms with Gasteiger partial charge in [-0.15, -0.1) is 11.6 Å². The maximum Gasteiger partial charge on any atom is 0.240 e. The van der Waals surface area contributed by atoms with Crippen LogP contribution in [0.1, 0.15) is 5.56 Å². The quantitative estimate of drug-likeness (QED) is 0.678. The molecule has 2 aromatic carbocycles. The Hall–Kier alpha value is -2.31. The molecule has 1 heterocycles. The lowest BCUT2D eigenvalue weighted by molar-refractivity contribution is -0.113. The average Bonchev–Trinajstić information content (AvgIpc) is 2.99. The van der Waals surface area contributed by atoms with E-state index < -0.39 is 11.7 Å². The number of halogens is 3. The Bertz CT molecular complexity index is 898. The summed E-state index contributed by atoms with van der Waals surface area (Å²) in [5.74, 6) is -0.419. The molecule has 1 amide bonds. The highest BCUT2D eigenvalue weighted by atomic mass is 35.5. The van der Waals surface area contributed by atoms with Crippen LogP contribution >= 0.6 is 23.2 Å². The second-order valence-electron chi connectivity index (χ2n) is 4.87. The molecule has 0 saturated carbocycles. The lowest BCUT2D eigenvalue weighted by atomic mass is 10.2. The lowest BCUT2D eigenvalue weighted by Crippen LogP contribution is -2.13. The molecule has 0 spiro atoms. The zero-order valence-electron chi connectivity index (χ0n) is 12.2. The summed E-state index contributed by atoms with van der Waals surface area (Å²) < 4.78 is 24.2. The van der Waals surface area contributed by atoms with Gasteiger partial charge in [-0.3, -0.25) is 4.79 Å². The molecule has 0 aliphatic rings. The first kappa shape index (κ1) is 16.5. The van der Waals surface area contributed by atoms with Crippen LogP contribution in [0.2, 0.25) is 5.02 Å². The molecule has 0 saturated heterocycles. The molecule has 8 heteroatoms. The van der Waals surface area contributed by atoms with Crippen LogP contribution in [-0.2, 0) is 11.4 Å². The predicted octanol–water partition coefficient (Wildman–Crippen LogP) is 4.38. The Morgan fingerprint density at radius 2 is 2.17 bits per heavy atom. The fourth-order valence-electron chi connectivity index (χ4n) is 2.14. The van der Waals surface area contributed by atoms with Gasteiger partial charge in [-0.05, 0) is 30.3 Å². The standard InChI is InChI=1S/C16H11Cl2FN2O3/c17-7-14(22)20-16-15-12(2-1-3-13(15)24-21-16)23-8-9-6-10(19)4-5-11(9)18/h1-6H,7-8H2,(H,20,21,22). The molecule has 1 N–H and O–H groups in total. The maximum atomic E-state index is 13.3. The summed E-state index contributed by atoms with van der Waals surface area (Å²) in [5.41, 5.74) is 0.930. The summed E-state index contributed by atoms with van der Waals surface area (Å²) in [6, 6.07) is 9.10. The molecule has 0 atom stereocenters. The van der Waals surface area contributed by atoms with Crippen molar-refractivity contribution >= 4 is 45.9 Å². The highest BCUT2D eigenvalue weighted by Crippen LogP contribution is 2.33. The van der Waals surface area contributed by atoms with E-state index in [9.17, 15) is 9.18 Å². The number of aromatic nitrogens is 1. The minimum absolute atomic E-state index is 0.0454. The number of carbonyl (C=O) groups is 1. The van der Waals surface area contributed by atoms with Gasteiger partial charge in [0.1, 0.15) is 29.4 Å². The van der Waals surface area contributed by atoms with Crippen molar-refractivity contribution in [2.45, 2.75) is 6.61 Å². The van der Waals surface area contributed by atoms with Crippen molar-refractivity contribution in [3.05, 3.63) is 52.8 Å². The Morgan fingerprint density at radius 1 is 1.33 bits per heavy atom. The molecular weight excluding hydrogens is 358 g/mol. The zero-order chi connectivity index (χ0) is 17.1. The first-order valence-electron chi connectivity index (χ1n) is 6.89. The highest BCUT2D eigenvalue weighted by molar-refractivity contribution is 6.31. The molecule has 0 fully saturated rings. The third-order valence-electron chi connectivity index (χ3n) is 3.23. The van der Waals surface area contributed by atoms with Gasteiger partial charge in [0.05, 0.1) is 0 Å². The minimum Gasteiger partial charge on any atom is -0.488 e.